The van der Waals surface area contributed by atoms with Crippen molar-refractivity contribution in [3.63, 3.8) is 0 Å². The highest BCUT2D eigenvalue weighted by atomic mass is 16.5. The van der Waals surface area contributed by atoms with Crippen LogP contribution >= 0.6 is 0 Å². The maximum Gasteiger partial charge on any atom is 0.251 e. The summed E-state index contributed by atoms with van der Waals surface area (Å²) in [4.78, 5) is 26.3. The molecule has 1 atom stereocenters. The van der Waals surface area contributed by atoms with E-state index in [0.29, 0.717) is 23.6 Å². The van der Waals surface area contributed by atoms with Crippen LogP contribution in [0.1, 0.15) is 16.8 Å². The zero-order valence-corrected chi connectivity index (χ0v) is 14.2. The minimum Gasteiger partial charge on any atom is -0.493 e. The largest absolute Gasteiger partial charge is 0.493 e. The van der Waals surface area contributed by atoms with Gasteiger partial charge in [0.2, 0.25) is 5.91 Å². The van der Waals surface area contributed by atoms with E-state index < -0.39 is 0 Å². The Morgan fingerprint density at radius 3 is 2.48 bits per heavy atom. The lowest BCUT2D eigenvalue weighted by atomic mass is 10.2. The van der Waals surface area contributed by atoms with Gasteiger partial charge in [-0.1, -0.05) is 18.2 Å². The molecule has 0 aromatic heterocycles. The fourth-order valence-corrected chi connectivity index (χ4v) is 2.90. The van der Waals surface area contributed by atoms with Gasteiger partial charge >= 0.3 is 0 Å². The predicted molar refractivity (Wildman–Crippen MR) is 94.2 cm³/mol. The van der Waals surface area contributed by atoms with Gasteiger partial charge in [-0.15, -0.1) is 0 Å². The molecule has 1 aliphatic heterocycles. The van der Waals surface area contributed by atoms with Crippen LogP contribution in [-0.4, -0.2) is 38.6 Å². The van der Waals surface area contributed by atoms with Gasteiger partial charge in [-0.3, -0.25) is 9.59 Å². The lowest BCUT2D eigenvalue weighted by Gasteiger charge is -2.19. The van der Waals surface area contributed by atoms with Gasteiger partial charge in [0.15, 0.2) is 11.5 Å². The highest BCUT2D eigenvalue weighted by molar-refractivity contribution is 5.99. The van der Waals surface area contributed by atoms with E-state index in [9.17, 15) is 9.59 Å². The highest BCUT2D eigenvalue weighted by Gasteiger charge is 2.32. The van der Waals surface area contributed by atoms with E-state index in [4.69, 9.17) is 9.47 Å². The average Bonchev–Trinajstić information content (AvgIpc) is 3.01. The molecule has 1 N–H and O–H groups in total. The summed E-state index contributed by atoms with van der Waals surface area (Å²) < 4.78 is 10.5. The van der Waals surface area contributed by atoms with Crippen LogP contribution in [0, 0.1) is 0 Å². The molecule has 6 nitrogen and oxygen atoms in total. The van der Waals surface area contributed by atoms with Crippen molar-refractivity contribution in [2.75, 3.05) is 25.7 Å². The van der Waals surface area contributed by atoms with E-state index in [1.165, 1.54) is 0 Å². The zero-order chi connectivity index (χ0) is 17.8. The van der Waals surface area contributed by atoms with Crippen molar-refractivity contribution in [3.05, 3.63) is 54.1 Å². The maximum absolute atomic E-state index is 12.4. The minimum absolute atomic E-state index is 0.0365. The molecule has 3 rings (SSSR count). The van der Waals surface area contributed by atoms with Crippen LogP contribution < -0.4 is 19.7 Å². The molecule has 130 valence electrons. The van der Waals surface area contributed by atoms with Gasteiger partial charge in [-0.25, -0.2) is 0 Å². The molecule has 1 aliphatic rings. The normalized spacial score (nSPS) is 16.6. The highest BCUT2D eigenvalue weighted by Crippen LogP contribution is 2.33. The number of ether oxygens (including phenoxy) is 2. The van der Waals surface area contributed by atoms with E-state index >= 15 is 0 Å². The molecule has 0 unspecified atom stereocenters. The van der Waals surface area contributed by atoms with Gasteiger partial charge in [0.1, 0.15) is 0 Å². The monoisotopic (exact) mass is 340 g/mol. The second-order valence-corrected chi connectivity index (χ2v) is 5.78. The number of amides is 2. The molecular formula is C19H20N2O4. The summed E-state index contributed by atoms with van der Waals surface area (Å²) >= 11 is 0. The molecule has 0 bridgehead atoms. The molecule has 2 aromatic carbocycles. The molecule has 0 spiro atoms. The Labute approximate surface area is 146 Å². The van der Waals surface area contributed by atoms with Crippen molar-refractivity contribution in [3.8, 4) is 11.5 Å². The molecule has 2 amide bonds. The number of anilines is 1. The van der Waals surface area contributed by atoms with Crippen LogP contribution in [0.15, 0.2) is 48.5 Å². The summed E-state index contributed by atoms with van der Waals surface area (Å²) in [6.45, 7) is 0.424. The Morgan fingerprint density at radius 1 is 1.08 bits per heavy atom. The summed E-state index contributed by atoms with van der Waals surface area (Å²) in [5, 5.41) is 2.92. The van der Waals surface area contributed by atoms with Gasteiger partial charge in [0.25, 0.3) is 5.91 Å². The van der Waals surface area contributed by atoms with Crippen molar-refractivity contribution in [2.24, 2.45) is 0 Å². The van der Waals surface area contributed by atoms with Gasteiger partial charge in [0, 0.05) is 30.3 Å². The van der Waals surface area contributed by atoms with Crippen molar-refractivity contribution >= 4 is 17.5 Å². The second-order valence-electron chi connectivity index (χ2n) is 5.78. The fraction of sp³-hybridized carbons (Fsp3) is 0.263. The van der Waals surface area contributed by atoms with Crippen LogP contribution in [0.2, 0.25) is 0 Å². The minimum atomic E-state index is -0.228. The maximum atomic E-state index is 12.4. The third-order valence-corrected chi connectivity index (χ3v) is 4.18. The first-order chi connectivity index (χ1) is 12.1. The predicted octanol–water partition coefficient (Wildman–Crippen LogP) is 2.24. The number of nitrogens with zero attached hydrogens (tertiary/aromatic N) is 1. The van der Waals surface area contributed by atoms with Crippen LogP contribution in [0.4, 0.5) is 5.69 Å². The first kappa shape index (κ1) is 16.8. The molecule has 6 heteroatoms. The van der Waals surface area contributed by atoms with Crippen LogP contribution in [0.5, 0.6) is 11.5 Å². The molecule has 0 aliphatic carbocycles. The van der Waals surface area contributed by atoms with E-state index in [1.807, 2.05) is 18.2 Å². The Bertz CT molecular complexity index is 776. The number of rotatable bonds is 5. The summed E-state index contributed by atoms with van der Waals surface area (Å²) in [5.74, 6) is 0.953. The van der Waals surface area contributed by atoms with Crippen LogP contribution in [0.3, 0.4) is 0 Å². The molecule has 1 fully saturated rings. The Hall–Kier alpha value is -3.02. The Balaban J connectivity index is 1.71. The van der Waals surface area contributed by atoms with Gasteiger partial charge < -0.3 is 19.7 Å². The van der Waals surface area contributed by atoms with E-state index in [0.717, 1.165) is 5.69 Å². The molecule has 1 saturated heterocycles. The Kier molecular flexibility index (Phi) is 4.88. The first-order valence-electron chi connectivity index (χ1n) is 8.00. The third-order valence-electron chi connectivity index (χ3n) is 4.18. The number of methoxy groups -OCH3 is 2. The van der Waals surface area contributed by atoms with Gasteiger partial charge in [0.05, 0.1) is 20.3 Å². The standard InChI is InChI=1S/C19H20N2O4/c1-24-16-9-8-15(11-17(16)25-2)21-12-14(10-18(21)22)20-19(23)13-6-4-3-5-7-13/h3-9,11,14H,10,12H2,1-2H3,(H,20,23)/t14-/m0/s1. The molecule has 0 radical (unpaired) electrons. The average molecular weight is 340 g/mol. The van der Waals surface area contributed by atoms with E-state index in [-0.39, 0.29) is 24.3 Å². The second kappa shape index (κ2) is 7.25. The van der Waals surface area contributed by atoms with Crippen molar-refractivity contribution in [2.45, 2.75) is 12.5 Å². The van der Waals surface area contributed by atoms with Gasteiger partial charge in [-0.2, -0.15) is 0 Å². The van der Waals surface area contributed by atoms with E-state index in [1.54, 1.807) is 49.5 Å². The zero-order valence-electron chi connectivity index (χ0n) is 14.2. The number of hydrogen-bond donors (Lipinski definition) is 1. The molecule has 25 heavy (non-hydrogen) atoms. The summed E-state index contributed by atoms with van der Waals surface area (Å²) in [5.41, 5.74) is 1.30. The SMILES string of the molecule is COc1ccc(N2C[C@@H](NC(=O)c3ccccc3)CC2=O)cc1OC. The molecule has 1 heterocycles. The summed E-state index contributed by atoms with van der Waals surface area (Å²) in [6.07, 6.45) is 0.271. The first-order valence-corrected chi connectivity index (χ1v) is 8.00. The van der Waals surface area contributed by atoms with Crippen molar-refractivity contribution in [1.29, 1.82) is 0 Å². The van der Waals surface area contributed by atoms with Crippen LogP contribution in [0.25, 0.3) is 0 Å². The number of benzene rings is 2. The number of hydrogen-bond acceptors (Lipinski definition) is 4. The van der Waals surface area contributed by atoms with Crippen LogP contribution in [-0.2, 0) is 4.79 Å². The number of carbonyl (C=O) groups excluding carboxylic acids is 2. The van der Waals surface area contributed by atoms with Crippen molar-refractivity contribution < 1.29 is 19.1 Å². The molecule has 0 saturated carbocycles. The summed E-state index contributed by atoms with van der Waals surface area (Å²) in [6, 6.07) is 14.1. The summed E-state index contributed by atoms with van der Waals surface area (Å²) in [7, 11) is 3.12. The smallest absolute Gasteiger partial charge is 0.251 e. The molecule has 2 aromatic rings. The number of carbonyl (C=O) groups is 2. The lowest BCUT2D eigenvalue weighted by molar-refractivity contribution is -0.117. The third kappa shape index (κ3) is 3.57. The lowest BCUT2D eigenvalue weighted by Crippen LogP contribution is -2.37. The van der Waals surface area contributed by atoms with E-state index in [2.05, 4.69) is 5.32 Å². The van der Waals surface area contributed by atoms with Crippen molar-refractivity contribution in [1.82, 2.24) is 5.32 Å². The Morgan fingerprint density at radius 2 is 1.80 bits per heavy atom. The number of nitrogens with one attached hydrogen (secondary N) is 1. The fourth-order valence-electron chi connectivity index (χ4n) is 2.90. The van der Waals surface area contributed by atoms with Gasteiger partial charge in [-0.05, 0) is 24.3 Å². The quantitative estimate of drug-likeness (QED) is 0.906. The topological polar surface area (TPSA) is 67.9 Å². The molecular weight excluding hydrogens is 320 g/mol.